The molecule has 2 aromatic heterocycles. The molecule has 0 atom stereocenters. The standard InChI is InChI=1S/C33H45N5O6S2/c1-19(2)38(31(42)44-33(6,7)8)16-14-25(39)35-28-26(21-13-15-37(18-24(21)46-28)30(41)43-32(3,4)5)27-34-22-17-20(29(40)36(9)10)11-12-23(22)45-27/h11-12,17,19H,13-16,18H2,1-10H3,(H,35,39). The van der Waals surface area contributed by atoms with E-state index in [1.165, 1.54) is 27.6 Å². The fraction of sp³-hybridized carbons (Fsp3) is 0.545. The van der Waals surface area contributed by atoms with Crippen LogP contribution in [0, 0.1) is 0 Å². The van der Waals surface area contributed by atoms with Gasteiger partial charge in [0.1, 0.15) is 21.2 Å². The van der Waals surface area contributed by atoms with E-state index in [1.54, 1.807) is 36.0 Å². The van der Waals surface area contributed by atoms with E-state index in [2.05, 4.69) is 5.32 Å². The molecule has 0 fully saturated rings. The first kappa shape index (κ1) is 35.1. The molecule has 0 aliphatic carbocycles. The maximum atomic E-state index is 13.4. The summed E-state index contributed by atoms with van der Waals surface area (Å²) in [7, 11) is 3.42. The second kappa shape index (κ2) is 13.6. The molecule has 4 rings (SSSR count). The van der Waals surface area contributed by atoms with Gasteiger partial charge in [-0.3, -0.25) is 9.59 Å². The Morgan fingerprint density at radius 3 is 2.30 bits per heavy atom. The first-order chi connectivity index (χ1) is 21.3. The van der Waals surface area contributed by atoms with E-state index in [4.69, 9.17) is 14.5 Å². The predicted molar refractivity (Wildman–Crippen MR) is 183 cm³/mol. The molecule has 1 aliphatic rings. The summed E-state index contributed by atoms with van der Waals surface area (Å²) in [6.45, 7) is 15.7. The van der Waals surface area contributed by atoms with E-state index in [0.29, 0.717) is 35.6 Å². The lowest BCUT2D eigenvalue weighted by Gasteiger charge is -2.30. The summed E-state index contributed by atoms with van der Waals surface area (Å²) >= 11 is 2.91. The number of ether oxygens (including phenoxy) is 2. The van der Waals surface area contributed by atoms with Crippen molar-refractivity contribution in [3.63, 3.8) is 0 Å². The van der Waals surface area contributed by atoms with Crippen molar-refractivity contribution in [2.24, 2.45) is 0 Å². The van der Waals surface area contributed by atoms with Crippen LogP contribution in [-0.2, 0) is 27.2 Å². The lowest BCUT2D eigenvalue weighted by molar-refractivity contribution is -0.116. The number of fused-ring (bicyclic) bond motifs is 2. The molecule has 1 aromatic carbocycles. The highest BCUT2D eigenvalue weighted by Gasteiger charge is 2.32. The third-order valence-corrected chi connectivity index (χ3v) is 9.23. The summed E-state index contributed by atoms with van der Waals surface area (Å²) in [4.78, 5) is 62.3. The number of benzene rings is 1. The molecule has 0 saturated carbocycles. The number of amides is 4. The van der Waals surface area contributed by atoms with Gasteiger partial charge in [0, 0.05) is 55.7 Å². The van der Waals surface area contributed by atoms with E-state index in [9.17, 15) is 19.2 Å². The Bertz CT molecular complexity index is 1630. The van der Waals surface area contributed by atoms with E-state index in [-0.39, 0.29) is 36.9 Å². The van der Waals surface area contributed by atoms with Crippen LogP contribution in [0.5, 0.6) is 0 Å². The van der Waals surface area contributed by atoms with Crippen LogP contribution >= 0.6 is 22.7 Å². The van der Waals surface area contributed by atoms with Gasteiger partial charge < -0.3 is 29.5 Å². The lowest BCUT2D eigenvalue weighted by atomic mass is 10.0. The average molecular weight is 672 g/mol. The molecule has 0 unspecified atom stereocenters. The van der Waals surface area contributed by atoms with Gasteiger partial charge >= 0.3 is 12.2 Å². The Morgan fingerprint density at radius 2 is 1.70 bits per heavy atom. The van der Waals surface area contributed by atoms with E-state index in [1.807, 2.05) is 61.5 Å². The minimum absolute atomic E-state index is 0.0688. The van der Waals surface area contributed by atoms with Crippen molar-refractivity contribution in [2.45, 2.75) is 92.0 Å². The maximum Gasteiger partial charge on any atom is 0.410 e. The molecule has 0 radical (unpaired) electrons. The minimum atomic E-state index is -0.650. The van der Waals surface area contributed by atoms with Gasteiger partial charge in [0.2, 0.25) is 5.91 Å². The highest BCUT2D eigenvalue weighted by molar-refractivity contribution is 7.23. The maximum absolute atomic E-state index is 13.4. The van der Waals surface area contributed by atoms with E-state index >= 15 is 0 Å². The summed E-state index contributed by atoms with van der Waals surface area (Å²) in [5, 5.41) is 4.45. The Hall–Kier alpha value is -3.71. The van der Waals surface area contributed by atoms with Crippen LogP contribution < -0.4 is 5.32 Å². The van der Waals surface area contributed by atoms with Crippen LogP contribution in [0.2, 0.25) is 0 Å². The topological polar surface area (TPSA) is 121 Å². The third kappa shape index (κ3) is 8.55. The van der Waals surface area contributed by atoms with Gasteiger partial charge in [0.15, 0.2) is 0 Å². The molecule has 1 N–H and O–H groups in total. The number of anilines is 1. The van der Waals surface area contributed by atoms with Crippen LogP contribution in [0.4, 0.5) is 14.6 Å². The van der Waals surface area contributed by atoms with Gasteiger partial charge in [-0.15, -0.1) is 22.7 Å². The van der Waals surface area contributed by atoms with E-state index < -0.39 is 17.3 Å². The van der Waals surface area contributed by atoms with Crippen molar-refractivity contribution in [2.75, 3.05) is 32.5 Å². The van der Waals surface area contributed by atoms with Crippen molar-refractivity contribution in [3.05, 3.63) is 34.2 Å². The number of carbonyl (C=O) groups excluding carboxylic acids is 4. The Kier molecular flexibility index (Phi) is 10.4. The van der Waals surface area contributed by atoms with Gasteiger partial charge in [-0.2, -0.15) is 0 Å². The van der Waals surface area contributed by atoms with Gasteiger partial charge in [-0.25, -0.2) is 14.6 Å². The van der Waals surface area contributed by atoms with Crippen molar-refractivity contribution in [3.8, 4) is 10.6 Å². The summed E-state index contributed by atoms with van der Waals surface area (Å²) in [5.41, 5.74) is 1.83. The van der Waals surface area contributed by atoms with Crippen LogP contribution in [-0.4, -0.2) is 88.1 Å². The van der Waals surface area contributed by atoms with Gasteiger partial charge in [0.25, 0.3) is 5.91 Å². The molecule has 0 spiro atoms. The SMILES string of the molecule is CC(C)N(CCC(=O)Nc1sc2c(c1-c1nc3cc(C(=O)N(C)C)ccc3s1)CCN(C(=O)OC(C)(C)C)C2)C(=O)OC(C)(C)C. The van der Waals surface area contributed by atoms with E-state index in [0.717, 1.165) is 25.7 Å². The largest absolute Gasteiger partial charge is 0.444 e. The Balaban J connectivity index is 1.65. The molecular weight excluding hydrogens is 627 g/mol. The van der Waals surface area contributed by atoms with Crippen LogP contribution in [0.15, 0.2) is 18.2 Å². The number of aromatic nitrogens is 1. The summed E-state index contributed by atoms with van der Waals surface area (Å²) in [6.07, 6.45) is -0.213. The van der Waals surface area contributed by atoms with Crippen molar-refractivity contribution in [1.82, 2.24) is 19.7 Å². The second-order valence-electron chi connectivity index (χ2n) is 13.8. The molecule has 13 heteroatoms. The molecule has 3 heterocycles. The molecule has 4 amide bonds. The smallest absolute Gasteiger partial charge is 0.410 e. The molecule has 11 nitrogen and oxygen atoms in total. The molecule has 3 aromatic rings. The zero-order chi connectivity index (χ0) is 34.1. The molecule has 0 bridgehead atoms. The van der Waals surface area contributed by atoms with Crippen molar-refractivity contribution in [1.29, 1.82) is 0 Å². The molecule has 1 aliphatic heterocycles. The number of nitrogens with one attached hydrogen (secondary N) is 1. The van der Waals surface area contributed by atoms with Crippen LogP contribution in [0.3, 0.4) is 0 Å². The van der Waals surface area contributed by atoms with Crippen molar-refractivity contribution < 1.29 is 28.7 Å². The summed E-state index contributed by atoms with van der Waals surface area (Å²) in [5.74, 6) is -0.362. The van der Waals surface area contributed by atoms with Gasteiger partial charge in [-0.05, 0) is 85.6 Å². The highest BCUT2D eigenvalue weighted by Crippen LogP contribution is 2.46. The first-order valence-corrected chi connectivity index (χ1v) is 17.0. The van der Waals surface area contributed by atoms with Gasteiger partial charge in [-0.1, -0.05) is 0 Å². The highest BCUT2D eigenvalue weighted by atomic mass is 32.1. The number of rotatable bonds is 7. The van der Waals surface area contributed by atoms with Crippen LogP contribution in [0.25, 0.3) is 20.8 Å². The second-order valence-corrected chi connectivity index (χ2v) is 16.0. The zero-order valence-electron chi connectivity index (χ0n) is 28.4. The first-order valence-electron chi connectivity index (χ1n) is 15.4. The predicted octanol–water partition coefficient (Wildman–Crippen LogP) is 6.99. The fourth-order valence-electron chi connectivity index (χ4n) is 4.92. The number of thiazole rings is 1. The number of nitrogens with zero attached hydrogens (tertiary/aromatic N) is 4. The monoisotopic (exact) mass is 671 g/mol. The van der Waals surface area contributed by atoms with Gasteiger partial charge in [0.05, 0.1) is 16.8 Å². The normalized spacial score (nSPS) is 13.4. The number of hydrogen-bond acceptors (Lipinski definition) is 9. The average Bonchev–Trinajstić information content (AvgIpc) is 3.49. The Labute approximate surface area is 278 Å². The zero-order valence-corrected chi connectivity index (χ0v) is 30.0. The number of thiophene rings is 1. The Morgan fingerprint density at radius 1 is 1.02 bits per heavy atom. The number of hydrogen-bond donors (Lipinski definition) is 1. The quantitative estimate of drug-likeness (QED) is 0.287. The fourth-order valence-corrected chi connectivity index (χ4v) is 7.29. The lowest BCUT2D eigenvalue weighted by Crippen LogP contribution is -2.42. The molecule has 250 valence electrons. The van der Waals surface area contributed by atoms with Crippen molar-refractivity contribution >= 4 is 61.9 Å². The molecule has 0 saturated heterocycles. The van der Waals surface area contributed by atoms with Crippen LogP contribution in [0.1, 0.15) is 82.6 Å². The minimum Gasteiger partial charge on any atom is -0.444 e. The molecule has 46 heavy (non-hydrogen) atoms. The number of carbonyl (C=O) groups is 4. The molecular formula is C33H45N5O6S2. The summed E-state index contributed by atoms with van der Waals surface area (Å²) < 4.78 is 12.1. The third-order valence-electron chi connectivity index (χ3n) is 7.05. The summed E-state index contributed by atoms with van der Waals surface area (Å²) in [6, 6.07) is 5.32.